The van der Waals surface area contributed by atoms with E-state index < -0.39 is 10.0 Å². The molecule has 0 bridgehead atoms. The summed E-state index contributed by atoms with van der Waals surface area (Å²) in [5, 5.41) is 5.78. The van der Waals surface area contributed by atoms with E-state index in [4.69, 9.17) is 4.74 Å². The van der Waals surface area contributed by atoms with Gasteiger partial charge in [-0.15, -0.1) is 24.8 Å². The van der Waals surface area contributed by atoms with Gasteiger partial charge >= 0.3 is 0 Å². The summed E-state index contributed by atoms with van der Waals surface area (Å²) in [7, 11) is -1.99. The number of nitrogens with zero attached hydrogens (tertiary/aromatic N) is 1. The Morgan fingerprint density at radius 1 is 1.21 bits per heavy atom. The molecule has 0 unspecified atom stereocenters. The van der Waals surface area contributed by atoms with E-state index in [1.54, 1.807) is 7.11 Å². The first-order valence-electron chi connectivity index (χ1n) is 6.92. The standard InChI is InChI=1S/C13H22N4O4S.2ClH/c1-21-10-9-14-7-8-16-13(18)4-6-17-22(19,20)12-3-2-5-15-11-12;;/h2-3,5,11,14,17H,4,6-10H2,1H3,(H,16,18);2*1H. The minimum Gasteiger partial charge on any atom is -0.383 e. The summed E-state index contributed by atoms with van der Waals surface area (Å²) in [4.78, 5) is 15.4. The number of nitrogens with one attached hydrogen (secondary N) is 3. The van der Waals surface area contributed by atoms with Crippen LogP contribution in [0.1, 0.15) is 6.42 Å². The van der Waals surface area contributed by atoms with Crippen LogP contribution in [0.15, 0.2) is 29.4 Å². The zero-order valence-electron chi connectivity index (χ0n) is 13.4. The third-order valence-corrected chi connectivity index (χ3v) is 4.14. The quantitative estimate of drug-likeness (QED) is 0.447. The predicted octanol–water partition coefficient (Wildman–Crippen LogP) is -0.0542. The molecule has 0 aliphatic heterocycles. The molecule has 0 saturated carbocycles. The van der Waals surface area contributed by atoms with Crippen LogP contribution in [0.5, 0.6) is 0 Å². The molecule has 11 heteroatoms. The third kappa shape index (κ3) is 10.7. The van der Waals surface area contributed by atoms with Crippen LogP contribution in [-0.4, -0.2) is 59.2 Å². The van der Waals surface area contributed by atoms with E-state index >= 15 is 0 Å². The van der Waals surface area contributed by atoms with E-state index in [2.05, 4.69) is 20.3 Å². The summed E-state index contributed by atoms with van der Waals surface area (Å²) in [6.07, 6.45) is 2.83. The van der Waals surface area contributed by atoms with Crippen LogP contribution in [0.2, 0.25) is 0 Å². The van der Waals surface area contributed by atoms with Crippen molar-refractivity contribution in [2.75, 3.05) is 39.9 Å². The lowest BCUT2D eigenvalue weighted by molar-refractivity contribution is -0.120. The monoisotopic (exact) mass is 402 g/mol. The number of ether oxygens (including phenoxy) is 1. The molecule has 0 atom stereocenters. The number of carbonyl (C=O) groups is 1. The number of pyridine rings is 1. The molecule has 0 radical (unpaired) electrons. The molecule has 1 aromatic heterocycles. The number of hydrogen-bond donors (Lipinski definition) is 3. The van der Waals surface area contributed by atoms with Crippen LogP contribution in [0.25, 0.3) is 0 Å². The van der Waals surface area contributed by atoms with Crippen molar-refractivity contribution in [2.24, 2.45) is 0 Å². The van der Waals surface area contributed by atoms with Gasteiger partial charge in [-0.2, -0.15) is 0 Å². The van der Waals surface area contributed by atoms with E-state index in [0.717, 1.165) is 6.54 Å². The first-order valence-corrected chi connectivity index (χ1v) is 8.40. The summed E-state index contributed by atoms with van der Waals surface area (Å²) >= 11 is 0. The molecule has 1 heterocycles. The van der Waals surface area contributed by atoms with Crippen LogP contribution in [-0.2, 0) is 19.6 Å². The number of rotatable bonds is 11. The maximum atomic E-state index is 11.9. The second-order valence-corrected chi connectivity index (χ2v) is 6.20. The van der Waals surface area contributed by atoms with Gasteiger partial charge in [-0.05, 0) is 12.1 Å². The van der Waals surface area contributed by atoms with Crippen molar-refractivity contribution in [3.63, 3.8) is 0 Å². The number of amides is 1. The van der Waals surface area contributed by atoms with Crippen molar-refractivity contribution in [1.82, 2.24) is 20.3 Å². The Hall–Kier alpha value is -0.970. The molecule has 0 aromatic carbocycles. The van der Waals surface area contributed by atoms with Crippen LogP contribution in [0.3, 0.4) is 0 Å². The van der Waals surface area contributed by atoms with Crippen molar-refractivity contribution < 1.29 is 17.9 Å². The van der Waals surface area contributed by atoms with Gasteiger partial charge in [0.05, 0.1) is 6.61 Å². The highest BCUT2D eigenvalue weighted by Crippen LogP contribution is 2.04. The summed E-state index contributed by atoms with van der Waals surface area (Å²) in [6, 6.07) is 2.99. The van der Waals surface area contributed by atoms with E-state index in [9.17, 15) is 13.2 Å². The van der Waals surface area contributed by atoms with Crippen molar-refractivity contribution in [1.29, 1.82) is 0 Å². The first kappa shape index (κ1) is 25.3. The van der Waals surface area contributed by atoms with Gasteiger partial charge in [-0.3, -0.25) is 9.78 Å². The minimum absolute atomic E-state index is 0. The zero-order valence-corrected chi connectivity index (χ0v) is 15.8. The number of aromatic nitrogens is 1. The zero-order chi connectivity index (χ0) is 16.3. The third-order valence-electron chi connectivity index (χ3n) is 2.70. The molecule has 0 fully saturated rings. The fourth-order valence-corrected chi connectivity index (χ4v) is 2.56. The highest BCUT2D eigenvalue weighted by Gasteiger charge is 2.13. The van der Waals surface area contributed by atoms with Gasteiger partial charge in [0, 0.05) is 52.1 Å². The van der Waals surface area contributed by atoms with Gasteiger partial charge in [0.25, 0.3) is 0 Å². The summed E-state index contributed by atoms with van der Waals surface area (Å²) < 4.78 is 31.0. The lowest BCUT2D eigenvalue weighted by atomic mass is 10.4. The van der Waals surface area contributed by atoms with Crippen molar-refractivity contribution in [3.05, 3.63) is 24.5 Å². The van der Waals surface area contributed by atoms with E-state index in [0.29, 0.717) is 19.7 Å². The van der Waals surface area contributed by atoms with Crippen molar-refractivity contribution in [2.45, 2.75) is 11.3 Å². The molecule has 1 amide bonds. The molecule has 0 saturated heterocycles. The SMILES string of the molecule is COCCNCCNC(=O)CCNS(=O)(=O)c1cccnc1.Cl.Cl. The summed E-state index contributed by atoms with van der Waals surface area (Å²) in [5.41, 5.74) is 0. The largest absolute Gasteiger partial charge is 0.383 e. The van der Waals surface area contributed by atoms with Crippen molar-refractivity contribution >= 4 is 40.7 Å². The average molecular weight is 403 g/mol. The Morgan fingerprint density at radius 2 is 1.96 bits per heavy atom. The van der Waals surface area contributed by atoms with Gasteiger partial charge in [0.15, 0.2) is 0 Å². The molecule has 1 rings (SSSR count). The van der Waals surface area contributed by atoms with Gasteiger partial charge in [-0.1, -0.05) is 0 Å². The van der Waals surface area contributed by atoms with Gasteiger partial charge < -0.3 is 15.4 Å². The number of halogens is 2. The lowest BCUT2D eigenvalue weighted by Gasteiger charge is -2.08. The predicted molar refractivity (Wildman–Crippen MR) is 96.3 cm³/mol. The first-order chi connectivity index (χ1) is 10.6. The van der Waals surface area contributed by atoms with E-state index in [-0.39, 0.29) is 48.6 Å². The molecule has 0 aliphatic rings. The Kier molecular flexibility index (Phi) is 15.1. The number of methoxy groups -OCH3 is 1. The molecular weight excluding hydrogens is 379 g/mol. The highest BCUT2D eigenvalue weighted by atomic mass is 35.5. The molecule has 140 valence electrons. The Bertz CT molecular complexity index is 546. The normalized spacial score (nSPS) is 10.4. The number of sulfonamides is 1. The minimum atomic E-state index is -3.61. The van der Waals surface area contributed by atoms with Gasteiger partial charge in [0.2, 0.25) is 15.9 Å². The second-order valence-electron chi connectivity index (χ2n) is 4.43. The molecule has 1 aromatic rings. The fourth-order valence-electron chi connectivity index (χ4n) is 1.57. The summed E-state index contributed by atoms with van der Waals surface area (Å²) in [5.74, 6) is -0.206. The lowest BCUT2D eigenvalue weighted by Crippen LogP contribution is -2.35. The van der Waals surface area contributed by atoms with Crippen LogP contribution < -0.4 is 15.4 Å². The second kappa shape index (κ2) is 14.4. The maximum Gasteiger partial charge on any atom is 0.242 e. The van der Waals surface area contributed by atoms with Gasteiger partial charge in [0.1, 0.15) is 4.90 Å². The Balaban J connectivity index is 0. The van der Waals surface area contributed by atoms with E-state index in [1.165, 1.54) is 24.5 Å². The Morgan fingerprint density at radius 3 is 2.58 bits per heavy atom. The van der Waals surface area contributed by atoms with Crippen molar-refractivity contribution in [3.8, 4) is 0 Å². The average Bonchev–Trinajstić information content (AvgIpc) is 2.51. The van der Waals surface area contributed by atoms with E-state index in [1.807, 2.05) is 0 Å². The number of carbonyl (C=O) groups excluding carboxylic acids is 1. The van der Waals surface area contributed by atoms with Crippen LogP contribution >= 0.6 is 24.8 Å². The smallest absolute Gasteiger partial charge is 0.242 e. The van der Waals surface area contributed by atoms with Crippen LogP contribution in [0.4, 0.5) is 0 Å². The fraction of sp³-hybridized carbons (Fsp3) is 0.538. The Labute approximate surface area is 155 Å². The maximum absolute atomic E-state index is 11.9. The molecular formula is C13H24Cl2N4O4S. The molecule has 0 aliphatic carbocycles. The summed E-state index contributed by atoms with van der Waals surface area (Å²) in [6.45, 7) is 2.50. The molecule has 3 N–H and O–H groups in total. The molecule has 24 heavy (non-hydrogen) atoms. The highest BCUT2D eigenvalue weighted by molar-refractivity contribution is 7.89. The topological polar surface area (TPSA) is 109 Å². The number of hydrogen-bond acceptors (Lipinski definition) is 6. The molecule has 0 spiro atoms. The van der Waals surface area contributed by atoms with Gasteiger partial charge in [-0.25, -0.2) is 13.1 Å². The molecule has 8 nitrogen and oxygen atoms in total. The van der Waals surface area contributed by atoms with Crippen LogP contribution in [0, 0.1) is 0 Å².